The normalized spacial score (nSPS) is 22.7. The zero-order chi connectivity index (χ0) is 12.1. The molecule has 0 bridgehead atoms. The zero-order valence-electron chi connectivity index (χ0n) is 10.5. The average molecular weight is 237 g/mol. The standard InChI is InChI=1S/C13H23N3O/c1-2-7-14-13(17)16-10-8-15(9-11-16)12-5-3-4-6-12/h2,12H,1,3-11H2,(H,14,17). The van der Waals surface area contributed by atoms with Crippen molar-refractivity contribution in [2.24, 2.45) is 0 Å². The van der Waals surface area contributed by atoms with Crippen LogP contribution in [0.4, 0.5) is 4.79 Å². The van der Waals surface area contributed by atoms with Crippen LogP contribution in [0, 0.1) is 0 Å². The predicted octanol–water partition coefficient (Wildman–Crippen LogP) is 1.44. The maximum Gasteiger partial charge on any atom is 0.317 e. The van der Waals surface area contributed by atoms with Gasteiger partial charge in [0, 0.05) is 38.8 Å². The third kappa shape index (κ3) is 3.22. The van der Waals surface area contributed by atoms with Crippen LogP contribution in [0.3, 0.4) is 0 Å². The molecule has 0 aromatic carbocycles. The van der Waals surface area contributed by atoms with Crippen LogP contribution in [0.15, 0.2) is 12.7 Å². The Morgan fingerprint density at radius 3 is 2.47 bits per heavy atom. The van der Waals surface area contributed by atoms with E-state index in [4.69, 9.17) is 0 Å². The summed E-state index contributed by atoms with van der Waals surface area (Å²) in [5.74, 6) is 0. The summed E-state index contributed by atoms with van der Waals surface area (Å²) < 4.78 is 0. The molecule has 1 heterocycles. The minimum atomic E-state index is 0.0518. The zero-order valence-corrected chi connectivity index (χ0v) is 10.5. The van der Waals surface area contributed by atoms with Gasteiger partial charge in [-0.25, -0.2) is 4.79 Å². The lowest BCUT2D eigenvalue weighted by Crippen LogP contribution is -2.53. The fourth-order valence-corrected chi connectivity index (χ4v) is 2.83. The molecule has 0 unspecified atom stereocenters. The molecule has 1 saturated heterocycles. The summed E-state index contributed by atoms with van der Waals surface area (Å²) in [6.45, 7) is 7.95. The van der Waals surface area contributed by atoms with Crippen molar-refractivity contribution in [3.63, 3.8) is 0 Å². The molecular formula is C13H23N3O. The number of hydrogen-bond acceptors (Lipinski definition) is 2. The number of nitrogens with zero attached hydrogens (tertiary/aromatic N) is 2. The molecule has 2 fully saturated rings. The van der Waals surface area contributed by atoms with E-state index in [1.165, 1.54) is 25.7 Å². The minimum absolute atomic E-state index is 0.0518. The average Bonchev–Trinajstić information content (AvgIpc) is 2.90. The van der Waals surface area contributed by atoms with Crippen LogP contribution in [0.1, 0.15) is 25.7 Å². The monoisotopic (exact) mass is 237 g/mol. The van der Waals surface area contributed by atoms with Crippen molar-refractivity contribution in [3.8, 4) is 0 Å². The van der Waals surface area contributed by atoms with Gasteiger partial charge in [0.05, 0.1) is 0 Å². The number of nitrogens with one attached hydrogen (secondary N) is 1. The molecule has 1 N–H and O–H groups in total. The van der Waals surface area contributed by atoms with E-state index < -0.39 is 0 Å². The van der Waals surface area contributed by atoms with E-state index in [0.717, 1.165) is 32.2 Å². The largest absolute Gasteiger partial charge is 0.335 e. The van der Waals surface area contributed by atoms with E-state index in [0.29, 0.717) is 6.54 Å². The van der Waals surface area contributed by atoms with Crippen molar-refractivity contribution in [2.75, 3.05) is 32.7 Å². The van der Waals surface area contributed by atoms with Gasteiger partial charge in [-0.2, -0.15) is 0 Å². The molecule has 0 aromatic rings. The maximum atomic E-state index is 11.7. The van der Waals surface area contributed by atoms with Gasteiger partial charge >= 0.3 is 6.03 Å². The molecule has 0 radical (unpaired) electrons. The smallest absolute Gasteiger partial charge is 0.317 e. The van der Waals surface area contributed by atoms with Crippen LogP contribution in [-0.2, 0) is 0 Å². The van der Waals surface area contributed by atoms with Crippen molar-refractivity contribution >= 4 is 6.03 Å². The molecule has 0 aromatic heterocycles. The van der Waals surface area contributed by atoms with E-state index >= 15 is 0 Å². The first-order valence-corrected chi connectivity index (χ1v) is 6.69. The number of piperazine rings is 1. The number of carbonyl (C=O) groups is 1. The Morgan fingerprint density at radius 1 is 1.24 bits per heavy atom. The lowest BCUT2D eigenvalue weighted by Gasteiger charge is -2.37. The molecule has 4 heteroatoms. The molecule has 0 atom stereocenters. The van der Waals surface area contributed by atoms with Gasteiger partial charge in [0.2, 0.25) is 0 Å². The Balaban J connectivity index is 1.73. The summed E-state index contributed by atoms with van der Waals surface area (Å²) in [4.78, 5) is 16.2. The van der Waals surface area contributed by atoms with Crippen LogP contribution in [0.2, 0.25) is 0 Å². The first kappa shape index (κ1) is 12.4. The topological polar surface area (TPSA) is 35.6 Å². The van der Waals surface area contributed by atoms with Gasteiger partial charge in [0.25, 0.3) is 0 Å². The van der Waals surface area contributed by atoms with Crippen LogP contribution < -0.4 is 5.32 Å². The van der Waals surface area contributed by atoms with Gasteiger partial charge in [-0.05, 0) is 12.8 Å². The summed E-state index contributed by atoms with van der Waals surface area (Å²) in [5.41, 5.74) is 0. The molecule has 1 aliphatic heterocycles. The molecular weight excluding hydrogens is 214 g/mol. The lowest BCUT2D eigenvalue weighted by atomic mass is 10.2. The first-order chi connectivity index (χ1) is 8.31. The highest BCUT2D eigenvalue weighted by Gasteiger charge is 2.27. The number of carbonyl (C=O) groups excluding carboxylic acids is 1. The highest BCUT2D eigenvalue weighted by molar-refractivity contribution is 5.74. The quantitative estimate of drug-likeness (QED) is 0.754. The number of hydrogen-bond donors (Lipinski definition) is 1. The summed E-state index contributed by atoms with van der Waals surface area (Å²) in [6, 6.07) is 0.837. The van der Waals surface area contributed by atoms with Gasteiger partial charge < -0.3 is 10.2 Å². The van der Waals surface area contributed by atoms with Crippen molar-refractivity contribution < 1.29 is 4.79 Å². The second-order valence-electron chi connectivity index (χ2n) is 4.94. The van der Waals surface area contributed by atoms with Crippen molar-refractivity contribution in [3.05, 3.63) is 12.7 Å². The van der Waals surface area contributed by atoms with E-state index in [-0.39, 0.29) is 6.03 Å². The second kappa shape index (κ2) is 6.05. The van der Waals surface area contributed by atoms with Crippen molar-refractivity contribution in [1.82, 2.24) is 15.1 Å². The van der Waals surface area contributed by atoms with Crippen LogP contribution in [0.25, 0.3) is 0 Å². The molecule has 2 amide bonds. The molecule has 17 heavy (non-hydrogen) atoms. The van der Waals surface area contributed by atoms with Gasteiger partial charge in [0.1, 0.15) is 0 Å². The third-order valence-electron chi connectivity index (χ3n) is 3.84. The van der Waals surface area contributed by atoms with Crippen molar-refractivity contribution in [2.45, 2.75) is 31.7 Å². The van der Waals surface area contributed by atoms with Gasteiger partial charge in [-0.15, -0.1) is 6.58 Å². The Morgan fingerprint density at radius 2 is 1.88 bits per heavy atom. The predicted molar refractivity (Wildman–Crippen MR) is 69.0 cm³/mol. The van der Waals surface area contributed by atoms with Crippen molar-refractivity contribution in [1.29, 1.82) is 0 Å². The summed E-state index contributed by atoms with van der Waals surface area (Å²) in [7, 11) is 0. The van der Waals surface area contributed by atoms with Crippen LogP contribution >= 0.6 is 0 Å². The molecule has 1 aliphatic carbocycles. The highest BCUT2D eigenvalue weighted by Crippen LogP contribution is 2.24. The third-order valence-corrected chi connectivity index (χ3v) is 3.84. The van der Waals surface area contributed by atoms with E-state index in [1.54, 1.807) is 6.08 Å². The van der Waals surface area contributed by atoms with E-state index in [1.807, 2.05) is 4.90 Å². The molecule has 2 aliphatic rings. The summed E-state index contributed by atoms with van der Waals surface area (Å²) in [6.07, 6.45) is 7.17. The number of rotatable bonds is 3. The Bertz CT molecular complexity index is 266. The lowest BCUT2D eigenvalue weighted by molar-refractivity contribution is 0.110. The Hall–Kier alpha value is -1.03. The molecule has 1 saturated carbocycles. The molecule has 2 rings (SSSR count). The Kier molecular flexibility index (Phi) is 4.42. The summed E-state index contributed by atoms with van der Waals surface area (Å²) >= 11 is 0. The Labute approximate surface area is 104 Å². The van der Waals surface area contributed by atoms with Crippen LogP contribution in [0.5, 0.6) is 0 Å². The summed E-state index contributed by atoms with van der Waals surface area (Å²) in [5, 5.41) is 2.84. The SMILES string of the molecule is C=CCNC(=O)N1CCN(C2CCCC2)CC1. The fraction of sp³-hybridized carbons (Fsp3) is 0.769. The number of urea groups is 1. The molecule has 0 spiro atoms. The van der Waals surface area contributed by atoms with E-state index in [2.05, 4.69) is 16.8 Å². The van der Waals surface area contributed by atoms with Gasteiger partial charge in [0.15, 0.2) is 0 Å². The van der Waals surface area contributed by atoms with Crippen LogP contribution in [-0.4, -0.2) is 54.6 Å². The number of amides is 2. The minimum Gasteiger partial charge on any atom is -0.335 e. The van der Waals surface area contributed by atoms with Gasteiger partial charge in [-0.3, -0.25) is 4.90 Å². The fourth-order valence-electron chi connectivity index (χ4n) is 2.83. The highest BCUT2D eigenvalue weighted by atomic mass is 16.2. The molecule has 4 nitrogen and oxygen atoms in total. The second-order valence-corrected chi connectivity index (χ2v) is 4.94. The molecule has 96 valence electrons. The first-order valence-electron chi connectivity index (χ1n) is 6.69. The van der Waals surface area contributed by atoms with Gasteiger partial charge in [-0.1, -0.05) is 18.9 Å². The maximum absolute atomic E-state index is 11.7. The van der Waals surface area contributed by atoms with E-state index in [9.17, 15) is 4.79 Å².